The van der Waals surface area contributed by atoms with E-state index in [1.165, 1.54) is 12.5 Å². The summed E-state index contributed by atoms with van der Waals surface area (Å²) in [5.74, 6) is 0.241. The van der Waals surface area contributed by atoms with Crippen LogP contribution in [0, 0.1) is 0 Å². The molecule has 2 aromatic rings. The molecule has 0 atom stereocenters. The minimum Gasteiger partial charge on any atom is -0.310 e. The van der Waals surface area contributed by atoms with Crippen molar-refractivity contribution in [3.05, 3.63) is 47.7 Å². The maximum atomic E-state index is 12.0. The number of aryl methyl sites for hydroxylation is 1. The molecule has 6 nitrogen and oxygen atoms in total. The van der Waals surface area contributed by atoms with Crippen molar-refractivity contribution in [1.82, 2.24) is 15.0 Å². The Morgan fingerprint density at radius 3 is 2.90 bits per heavy atom. The summed E-state index contributed by atoms with van der Waals surface area (Å²) in [4.78, 5) is 34.6. The van der Waals surface area contributed by atoms with Crippen LogP contribution in [-0.4, -0.2) is 27.1 Å². The fourth-order valence-corrected chi connectivity index (χ4v) is 1.82. The maximum Gasteiger partial charge on any atom is 0.230 e. The van der Waals surface area contributed by atoms with Gasteiger partial charge in [-0.05, 0) is 24.1 Å². The van der Waals surface area contributed by atoms with Gasteiger partial charge in [0.2, 0.25) is 5.91 Å². The zero-order valence-electron chi connectivity index (χ0n) is 11.0. The molecule has 2 aromatic heterocycles. The summed E-state index contributed by atoms with van der Waals surface area (Å²) in [5, 5.41) is 2.67. The van der Waals surface area contributed by atoms with Crippen LogP contribution in [0.25, 0.3) is 0 Å². The van der Waals surface area contributed by atoms with E-state index in [-0.39, 0.29) is 12.3 Å². The lowest BCUT2D eigenvalue weighted by Gasteiger charge is -2.08. The lowest BCUT2D eigenvalue weighted by molar-refractivity contribution is -0.115. The van der Waals surface area contributed by atoms with Crippen LogP contribution in [0.15, 0.2) is 30.9 Å². The Labute approximate surface area is 116 Å². The molecule has 1 N–H and O–H groups in total. The molecule has 0 radical (unpaired) electrons. The highest BCUT2D eigenvalue weighted by Gasteiger charge is 2.10. The number of hydrogen-bond donors (Lipinski definition) is 1. The predicted octanol–water partition coefficient (Wildman–Crippen LogP) is 1.43. The number of hydrogen-bond acceptors (Lipinski definition) is 5. The first kappa shape index (κ1) is 13.8. The first-order chi connectivity index (χ1) is 9.72. The van der Waals surface area contributed by atoms with Gasteiger partial charge < -0.3 is 5.32 Å². The van der Waals surface area contributed by atoms with Crippen molar-refractivity contribution in [2.45, 2.75) is 19.8 Å². The van der Waals surface area contributed by atoms with Crippen LogP contribution in [0.1, 0.15) is 28.5 Å². The van der Waals surface area contributed by atoms with Gasteiger partial charge in [0.1, 0.15) is 12.1 Å². The van der Waals surface area contributed by atoms with E-state index in [9.17, 15) is 9.59 Å². The molecule has 0 aliphatic rings. The minimum absolute atomic E-state index is 0.155. The van der Waals surface area contributed by atoms with Gasteiger partial charge >= 0.3 is 0 Å². The molecular formula is C14H14N4O2. The largest absolute Gasteiger partial charge is 0.310 e. The highest BCUT2D eigenvalue weighted by atomic mass is 16.1. The van der Waals surface area contributed by atoms with Gasteiger partial charge in [-0.25, -0.2) is 9.97 Å². The molecule has 0 bridgehead atoms. The Kier molecular flexibility index (Phi) is 4.49. The molecule has 20 heavy (non-hydrogen) atoms. The Balaban J connectivity index is 2.12. The summed E-state index contributed by atoms with van der Waals surface area (Å²) in [6.45, 7) is 1.95. The molecule has 0 aliphatic carbocycles. The van der Waals surface area contributed by atoms with E-state index in [2.05, 4.69) is 20.3 Å². The molecule has 102 valence electrons. The molecule has 0 spiro atoms. The fourth-order valence-electron chi connectivity index (χ4n) is 1.82. The monoisotopic (exact) mass is 270 g/mol. The summed E-state index contributed by atoms with van der Waals surface area (Å²) < 4.78 is 0. The van der Waals surface area contributed by atoms with Crippen molar-refractivity contribution in [3.63, 3.8) is 0 Å². The van der Waals surface area contributed by atoms with Gasteiger partial charge in [-0.3, -0.25) is 14.6 Å². The zero-order valence-corrected chi connectivity index (χ0v) is 11.0. The number of nitrogens with zero attached hydrogens (tertiary/aromatic N) is 3. The van der Waals surface area contributed by atoms with Crippen LogP contribution in [0.2, 0.25) is 0 Å². The second-order valence-electron chi connectivity index (χ2n) is 4.17. The van der Waals surface area contributed by atoms with Gasteiger partial charge in [-0.1, -0.05) is 6.92 Å². The molecule has 0 saturated carbocycles. The highest BCUT2D eigenvalue weighted by Crippen LogP contribution is 2.11. The minimum atomic E-state index is -0.205. The number of amides is 1. The standard InChI is InChI=1S/C14H14N4O2/c1-2-12-11(5-10(8-19)7-16-12)6-14(20)18-13-3-4-15-9-17-13/h3-5,7-9H,2,6H2,1H3,(H,15,17,18,20). The number of carbonyl (C=O) groups is 2. The molecule has 0 saturated heterocycles. The number of pyridine rings is 1. The van der Waals surface area contributed by atoms with Gasteiger partial charge in [0, 0.05) is 23.7 Å². The SMILES string of the molecule is CCc1ncc(C=O)cc1CC(=O)Nc1ccncn1. The zero-order chi connectivity index (χ0) is 14.4. The third-order valence-corrected chi connectivity index (χ3v) is 2.75. The number of anilines is 1. The van der Waals surface area contributed by atoms with E-state index in [1.54, 1.807) is 18.3 Å². The lowest BCUT2D eigenvalue weighted by atomic mass is 10.1. The molecule has 0 aromatic carbocycles. The second kappa shape index (κ2) is 6.51. The molecule has 2 rings (SSSR count). The maximum absolute atomic E-state index is 12.0. The molecule has 0 unspecified atom stereocenters. The summed E-state index contributed by atoms with van der Waals surface area (Å²) in [6, 6.07) is 3.30. The molecular weight excluding hydrogens is 256 g/mol. The molecule has 6 heteroatoms. The van der Waals surface area contributed by atoms with Crippen molar-refractivity contribution in [2.75, 3.05) is 5.32 Å². The van der Waals surface area contributed by atoms with Gasteiger partial charge in [-0.15, -0.1) is 0 Å². The Morgan fingerprint density at radius 2 is 2.25 bits per heavy atom. The number of aromatic nitrogens is 3. The molecule has 0 aliphatic heterocycles. The fraction of sp³-hybridized carbons (Fsp3) is 0.214. The predicted molar refractivity (Wildman–Crippen MR) is 73.4 cm³/mol. The van der Waals surface area contributed by atoms with E-state index in [0.29, 0.717) is 17.8 Å². The van der Waals surface area contributed by atoms with Crippen molar-refractivity contribution >= 4 is 18.0 Å². The van der Waals surface area contributed by atoms with E-state index >= 15 is 0 Å². The third kappa shape index (κ3) is 3.44. The molecule has 0 fully saturated rings. The lowest BCUT2D eigenvalue weighted by Crippen LogP contribution is -2.16. The van der Waals surface area contributed by atoms with E-state index < -0.39 is 0 Å². The topological polar surface area (TPSA) is 84.8 Å². The van der Waals surface area contributed by atoms with Crippen LogP contribution in [0.5, 0.6) is 0 Å². The van der Waals surface area contributed by atoms with Crippen LogP contribution >= 0.6 is 0 Å². The number of rotatable bonds is 5. The molecule has 1 amide bonds. The number of nitrogens with one attached hydrogen (secondary N) is 1. The number of aldehydes is 1. The summed E-state index contributed by atoms with van der Waals surface area (Å²) in [6.07, 6.45) is 6.00. The van der Waals surface area contributed by atoms with Crippen molar-refractivity contribution in [2.24, 2.45) is 0 Å². The first-order valence-corrected chi connectivity index (χ1v) is 6.21. The van der Waals surface area contributed by atoms with E-state index in [4.69, 9.17) is 0 Å². The summed E-state index contributed by atoms with van der Waals surface area (Å²) in [5.41, 5.74) is 2.03. The van der Waals surface area contributed by atoms with Crippen molar-refractivity contribution in [3.8, 4) is 0 Å². The number of carbonyl (C=O) groups excluding carboxylic acids is 2. The van der Waals surface area contributed by atoms with Gasteiger partial charge in [0.25, 0.3) is 0 Å². The van der Waals surface area contributed by atoms with Crippen LogP contribution < -0.4 is 5.32 Å². The van der Waals surface area contributed by atoms with Crippen molar-refractivity contribution < 1.29 is 9.59 Å². The summed E-state index contributed by atoms with van der Waals surface area (Å²) >= 11 is 0. The highest BCUT2D eigenvalue weighted by molar-refractivity contribution is 5.91. The first-order valence-electron chi connectivity index (χ1n) is 6.21. The third-order valence-electron chi connectivity index (χ3n) is 2.75. The van der Waals surface area contributed by atoms with Crippen LogP contribution in [0.3, 0.4) is 0 Å². The quantitative estimate of drug-likeness (QED) is 0.831. The van der Waals surface area contributed by atoms with Crippen molar-refractivity contribution in [1.29, 1.82) is 0 Å². The Bertz CT molecular complexity index is 614. The smallest absolute Gasteiger partial charge is 0.230 e. The van der Waals surface area contributed by atoms with Gasteiger partial charge in [0.15, 0.2) is 6.29 Å². The Morgan fingerprint density at radius 1 is 1.40 bits per heavy atom. The normalized spacial score (nSPS) is 10.1. The second-order valence-corrected chi connectivity index (χ2v) is 4.17. The van der Waals surface area contributed by atoms with Gasteiger partial charge in [0.05, 0.1) is 6.42 Å². The Hall–Kier alpha value is -2.63. The van der Waals surface area contributed by atoms with Crippen LogP contribution in [0.4, 0.5) is 5.82 Å². The average molecular weight is 270 g/mol. The van der Waals surface area contributed by atoms with E-state index in [1.807, 2.05) is 6.92 Å². The van der Waals surface area contributed by atoms with Gasteiger partial charge in [-0.2, -0.15) is 0 Å². The van der Waals surface area contributed by atoms with E-state index in [0.717, 1.165) is 17.5 Å². The average Bonchev–Trinajstić information content (AvgIpc) is 2.48. The van der Waals surface area contributed by atoms with Crippen LogP contribution in [-0.2, 0) is 17.6 Å². The summed E-state index contributed by atoms with van der Waals surface area (Å²) in [7, 11) is 0. The molecule has 2 heterocycles.